The molecule has 0 unspecified atom stereocenters. The lowest BCUT2D eigenvalue weighted by Gasteiger charge is -2.12. The number of halogens is 2. The Bertz CT molecular complexity index is 355. The number of rotatable bonds is 3. The number of carboxylic acid groups (broad SMARTS) is 1. The van der Waals surface area contributed by atoms with Crippen molar-refractivity contribution >= 4 is 5.97 Å². The standard InChI is InChI=1S/C9H9F2NO2/c1-12-8(9(13)14)6-4-5(10)2-3-7(6)11/h2-4,8,12H,1H3,(H,13,14)/t8-/m1/s1. The zero-order valence-electron chi connectivity index (χ0n) is 7.42. The number of hydrogen-bond donors (Lipinski definition) is 2. The third-order valence-corrected chi connectivity index (χ3v) is 1.80. The molecule has 0 amide bonds. The lowest BCUT2D eigenvalue weighted by Crippen LogP contribution is -2.26. The number of carboxylic acids is 1. The Morgan fingerprint density at radius 1 is 1.50 bits per heavy atom. The quantitative estimate of drug-likeness (QED) is 0.775. The maximum atomic E-state index is 13.1. The lowest BCUT2D eigenvalue weighted by molar-refractivity contribution is -0.139. The second kappa shape index (κ2) is 4.15. The zero-order chi connectivity index (χ0) is 10.7. The highest BCUT2D eigenvalue weighted by molar-refractivity contribution is 5.75. The Hall–Kier alpha value is -1.49. The van der Waals surface area contributed by atoms with Crippen molar-refractivity contribution in [2.75, 3.05) is 7.05 Å². The summed E-state index contributed by atoms with van der Waals surface area (Å²) in [6.45, 7) is 0. The first-order valence-corrected chi connectivity index (χ1v) is 3.91. The summed E-state index contributed by atoms with van der Waals surface area (Å²) in [5.74, 6) is -2.66. The molecule has 3 nitrogen and oxygen atoms in total. The third-order valence-electron chi connectivity index (χ3n) is 1.80. The van der Waals surface area contributed by atoms with Crippen molar-refractivity contribution in [2.24, 2.45) is 0 Å². The summed E-state index contributed by atoms with van der Waals surface area (Å²) < 4.78 is 25.8. The molecule has 0 spiro atoms. The summed E-state index contributed by atoms with van der Waals surface area (Å²) in [5.41, 5.74) is -0.208. The van der Waals surface area contributed by atoms with E-state index in [0.29, 0.717) is 0 Å². The molecule has 0 bridgehead atoms. The topological polar surface area (TPSA) is 49.3 Å². The lowest BCUT2D eigenvalue weighted by atomic mass is 10.1. The number of carbonyl (C=O) groups is 1. The summed E-state index contributed by atoms with van der Waals surface area (Å²) in [7, 11) is 1.36. The van der Waals surface area contributed by atoms with E-state index >= 15 is 0 Å². The van der Waals surface area contributed by atoms with E-state index in [2.05, 4.69) is 5.32 Å². The van der Waals surface area contributed by atoms with E-state index in [1.165, 1.54) is 7.05 Å². The molecular weight excluding hydrogens is 192 g/mol. The van der Waals surface area contributed by atoms with Gasteiger partial charge in [0.2, 0.25) is 0 Å². The number of hydrogen-bond acceptors (Lipinski definition) is 2. The summed E-state index contributed by atoms with van der Waals surface area (Å²) in [4.78, 5) is 10.6. The van der Waals surface area contributed by atoms with Crippen LogP contribution >= 0.6 is 0 Å². The van der Waals surface area contributed by atoms with Crippen molar-refractivity contribution in [3.63, 3.8) is 0 Å². The molecule has 0 aliphatic carbocycles. The second-order valence-corrected chi connectivity index (χ2v) is 2.73. The summed E-state index contributed by atoms with van der Waals surface area (Å²) in [6, 6.07) is 1.47. The molecule has 0 aliphatic heterocycles. The molecule has 0 aromatic heterocycles. The molecule has 0 heterocycles. The van der Waals surface area contributed by atoms with Crippen LogP contribution in [0.4, 0.5) is 8.78 Å². The van der Waals surface area contributed by atoms with Gasteiger partial charge in [0.15, 0.2) is 0 Å². The van der Waals surface area contributed by atoms with Gasteiger partial charge in [-0.05, 0) is 25.2 Å². The summed E-state index contributed by atoms with van der Waals surface area (Å²) in [5, 5.41) is 11.1. The molecule has 0 saturated carbocycles. The van der Waals surface area contributed by atoms with E-state index in [9.17, 15) is 13.6 Å². The number of likely N-dealkylation sites (N-methyl/N-ethyl adjacent to an activating group) is 1. The van der Waals surface area contributed by atoms with Crippen molar-refractivity contribution in [2.45, 2.75) is 6.04 Å². The van der Waals surface area contributed by atoms with Gasteiger partial charge >= 0.3 is 5.97 Å². The molecule has 1 atom stereocenters. The van der Waals surface area contributed by atoms with Gasteiger partial charge in [-0.2, -0.15) is 0 Å². The van der Waals surface area contributed by atoms with Crippen LogP contribution in [0.15, 0.2) is 18.2 Å². The van der Waals surface area contributed by atoms with Gasteiger partial charge in [-0.3, -0.25) is 4.79 Å². The maximum absolute atomic E-state index is 13.1. The van der Waals surface area contributed by atoms with Crippen LogP contribution < -0.4 is 5.32 Å². The second-order valence-electron chi connectivity index (χ2n) is 2.73. The normalized spacial score (nSPS) is 12.5. The van der Waals surface area contributed by atoms with Gasteiger partial charge in [-0.25, -0.2) is 8.78 Å². The van der Waals surface area contributed by atoms with Crippen LogP contribution in [0.3, 0.4) is 0 Å². The minimum atomic E-state index is -1.25. The van der Waals surface area contributed by atoms with Gasteiger partial charge in [0.25, 0.3) is 0 Å². The molecule has 0 saturated heterocycles. The molecule has 0 fully saturated rings. The maximum Gasteiger partial charge on any atom is 0.325 e. The van der Waals surface area contributed by atoms with E-state index in [1.807, 2.05) is 0 Å². The highest BCUT2D eigenvalue weighted by Gasteiger charge is 2.21. The third kappa shape index (κ3) is 2.05. The fourth-order valence-corrected chi connectivity index (χ4v) is 1.15. The Kier molecular flexibility index (Phi) is 3.14. The van der Waals surface area contributed by atoms with E-state index in [1.54, 1.807) is 0 Å². The van der Waals surface area contributed by atoms with E-state index in [4.69, 9.17) is 5.11 Å². The van der Waals surface area contributed by atoms with Crippen molar-refractivity contribution in [3.05, 3.63) is 35.4 Å². The fourth-order valence-electron chi connectivity index (χ4n) is 1.15. The minimum Gasteiger partial charge on any atom is -0.480 e. The average Bonchev–Trinajstić information content (AvgIpc) is 2.11. The molecule has 0 aliphatic rings. The predicted molar refractivity (Wildman–Crippen MR) is 45.8 cm³/mol. The van der Waals surface area contributed by atoms with Crippen molar-refractivity contribution in [1.29, 1.82) is 0 Å². The Morgan fingerprint density at radius 2 is 2.14 bits per heavy atom. The van der Waals surface area contributed by atoms with Gasteiger partial charge in [0, 0.05) is 5.56 Å². The van der Waals surface area contributed by atoms with Crippen LogP contribution in [0.5, 0.6) is 0 Å². The molecule has 0 radical (unpaired) electrons. The minimum absolute atomic E-state index is 0.208. The van der Waals surface area contributed by atoms with Crippen LogP contribution in [0.1, 0.15) is 11.6 Å². The van der Waals surface area contributed by atoms with Gasteiger partial charge in [0.1, 0.15) is 17.7 Å². The first kappa shape index (κ1) is 10.6. The highest BCUT2D eigenvalue weighted by atomic mass is 19.1. The van der Waals surface area contributed by atoms with E-state index in [0.717, 1.165) is 18.2 Å². The summed E-state index contributed by atoms with van der Waals surface area (Å²) in [6.07, 6.45) is 0. The van der Waals surface area contributed by atoms with Crippen LogP contribution in [0.25, 0.3) is 0 Å². The van der Waals surface area contributed by atoms with Gasteiger partial charge in [-0.15, -0.1) is 0 Å². The monoisotopic (exact) mass is 201 g/mol. The van der Waals surface area contributed by atoms with Crippen molar-refractivity contribution in [3.8, 4) is 0 Å². The molecule has 14 heavy (non-hydrogen) atoms. The number of benzene rings is 1. The zero-order valence-corrected chi connectivity index (χ0v) is 7.42. The number of nitrogens with one attached hydrogen (secondary N) is 1. The first-order chi connectivity index (χ1) is 6.56. The van der Waals surface area contributed by atoms with Crippen molar-refractivity contribution < 1.29 is 18.7 Å². The van der Waals surface area contributed by atoms with Crippen LogP contribution in [0.2, 0.25) is 0 Å². The molecule has 1 aromatic carbocycles. The van der Waals surface area contributed by atoms with Crippen LogP contribution in [-0.4, -0.2) is 18.1 Å². The first-order valence-electron chi connectivity index (χ1n) is 3.91. The largest absolute Gasteiger partial charge is 0.480 e. The molecule has 76 valence electrons. The molecule has 2 N–H and O–H groups in total. The average molecular weight is 201 g/mol. The SMILES string of the molecule is CN[C@@H](C(=O)O)c1cc(F)ccc1F. The fraction of sp³-hybridized carbons (Fsp3) is 0.222. The van der Waals surface area contributed by atoms with E-state index < -0.39 is 23.6 Å². The van der Waals surface area contributed by atoms with Gasteiger partial charge < -0.3 is 10.4 Å². The van der Waals surface area contributed by atoms with Crippen LogP contribution in [-0.2, 0) is 4.79 Å². The molecule has 5 heteroatoms. The molecule has 1 aromatic rings. The summed E-state index contributed by atoms with van der Waals surface area (Å²) >= 11 is 0. The number of aliphatic carboxylic acids is 1. The predicted octanol–water partition coefficient (Wildman–Crippen LogP) is 1.31. The van der Waals surface area contributed by atoms with E-state index in [-0.39, 0.29) is 5.56 Å². The van der Waals surface area contributed by atoms with Gasteiger partial charge in [-0.1, -0.05) is 0 Å². The molecular formula is C9H9F2NO2. The Labute approximate surface area is 79.4 Å². The Morgan fingerprint density at radius 3 is 2.64 bits per heavy atom. The Balaban J connectivity index is 3.15. The van der Waals surface area contributed by atoms with Crippen LogP contribution in [0, 0.1) is 11.6 Å². The highest BCUT2D eigenvalue weighted by Crippen LogP contribution is 2.18. The molecule has 1 rings (SSSR count). The van der Waals surface area contributed by atoms with Crippen molar-refractivity contribution in [1.82, 2.24) is 5.32 Å². The van der Waals surface area contributed by atoms with Gasteiger partial charge in [0.05, 0.1) is 0 Å². The smallest absolute Gasteiger partial charge is 0.325 e.